The van der Waals surface area contributed by atoms with Gasteiger partial charge < -0.3 is 86.2 Å². The fourth-order valence-electron chi connectivity index (χ4n) is 9.37. The highest BCUT2D eigenvalue weighted by Gasteiger charge is 2.34. The van der Waals surface area contributed by atoms with Gasteiger partial charge in [-0.2, -0.15) is 0 Å². The zero-order chi connectivity index (χ0) is 64.2. The fraction of sp³-hybridized carbons (Fsp3) is 0.661. The van der Waals surface area contributed by atoms with Crippen molar-refractivity contribution < 1.29 is 53.1 Å². The van der Waals surface area contributed by atoms with Gasteiger partial charge in [-0.3, -0.25) is 53.4 Å². The molecular formula is C59H101N17O11. The van der Waals surface area contributed by atoms with Gasteiger partial charge in [0.1, 0.15) is 42.0 Å². The first-order valence-corrected chi connectivity index (χ1v) is 30.9. The number of unbranched alkanes of at least 4 members (excludes halogenated alkanes) is 14. The fourth-order valence-corrected chi connectivity index (χ4v) is 9.37. The molecule has 0 unspecified atom stereocenters. The lowest BCUT2D eigenvalue weighted by molar-refractivity contribution is -0.136. The standard InChI is InChI=1S/C59H101N17O11/c1-3-4-5-6-7-8-9-10-11-12-13-14-15-24-50(79)68-37-51(80)69-38-52(81)71-47(34-40-25-27-42(77)28-26-40)57(86)75-46(29-30-49(62)78)56(85)74-44(21-16-18-31-60)54(83)73-45(22-17-19-32-61)55(84)76-48(35-41-36-66-39-70-41)58(87)72-43(53(82)65-2)23-20-33-67-59(63)64/h25-28,36,39,43-48,77H,3-24,29-35,37-38,60-61H2,1-2H3,(H2,62,78)(H,65,82)(H,66,70)(H,68,79)(H,69,80)(H,71,81)(H,72,87)(H,73,83)(H,74,85)(H,75,86)(H,76,84)(H4,63,64,67)/t43-,44-,45-,46-,47-,48-/m0/s1. The number of benzene rings is 1. The van der Waals surface area contributed by atoms with Gasteiger partial charge in [-0.15, -0.1) is 0 Å². The highest BCUT2D eigenvalue weighted by Crippen LogP contribution is 2.15. The van der Waals surface area contributed by atoms with E-state index in [0.717, 1.165) is 19.3 Å². The van der Waals surface area contributed by atoms with Gasteiger partial charge >= 0.3 is 0 Å². The highest BCUT2D eigenvalue weighted by molar-refractivity contribution is 5.98. The molecule has 0 aliphatic heterocycles. The van der Waals surface area contributed by atoms with Gasteiger partial charge in [0.15, 0.2) is 5.96 Å². The number of guanidine groups is 1. The molecule has 1 aromatic heterocycles. The summed E-state index contributed by atoms with van der Waals surface area (Å²) < 4.78 is 0. The second-order valence-corrected chi connectivity index (χ2v) is 21.8. The molecule has 0 aliphatic rings. The number of primary amides is 1. The van der Waals surface area contributed by atoms with E-state index in [1.165, 1.54) is 102 Å². The Hall–Kier alpha value is -7.88. The smallest absolute Gasteiger partial charge is 0.243 e. The Labute approximate surface area is 511 Å². The number of carbonyl (C=O) groups excluding carboxylic acids is 10. The van der Waals surface area contributed by atoms with Crippen LogP contribution in [0.1, 0.15) is 172 Å². The summed E-state index contributed by atoms with van der Waals surface area (Å²) in [6.07, 6.45) is 19.2. The molecule has 10 amide bonds. The molecule has 6 atom stereocenters. The quantitative estimate of drug-likeness (QED) is 0.0237. The normalized spacial score (nSPS) is 13.0. The molecule has 1 heterocycles. The van der Waals surface area contributed by atoms with Crippen LogP contribution in [0, 0.1) is 5.41 Å². The number of aromatic nitrogens is 2. The van der Waals surface area contributed by atoms with Crippen LogP contribution in [0.25, 0.3) is 0 Å². The molecule has 0 aliphatic carbocycles. The third kappa shape index (κ3) is 34.8. The molecule has 0 saturated heterocycles. The Bertz CT molecular complexity index is 2400. The zero-order valence-electron chi connectivity index (χ0n) is 51.1. The molecule has 2 rings (SSSR count). The second kappa shape index (κ2) is 45.4. The highest BCUT2D eigenvalue weighted by atomic mass is 16.3. The largest absolute Gasteiger partial charge is 0.508 e. The van der Waals surface area contributed by atoms with Crippen molar-refractivity contribution in [3.63, 3.8) is 0 Å². The van der Waals surface area contributed by atoms with Crippen molar-refractivity contribution in [3.05, 3.63) is 48.0 Å². The Morgan fingerprint density at radius 2 is 0.954 bits per heavy atom. The molecule has 0 radical (unpaired) electrons. The molecule has 0 spiro atoms. The summed E-state index contributed by atoms with van der Waals surface area (Å²) in [5.41, 5.74) is 23.3. The number of imidazole rings is 1. The van der Waals surface area contributed by atoms with Crippen LogP contribution in [0.5, 0.6) is 5.75 Å². The molecule has 0 saturated carbocycles. The first kappa shape index (κ1) is 75.2. The number of nitrogens with two attached hydrogens (primary N) is 4. The summed E-state index contributed by atoms with van der Waals surface area (Å²) in [4.78, 5) is 142. The first-order chi connectivity index (χ1) is 41.8. The number of phenolic OH excluding ortho intramolecular Hbond substituents is 1. The molecule has 21 N–H and O–H groups in total. The predicted molar refractivity (Wildman–Crippen MR) is 329 cm³/mol. The summed E-state index contributed by atoms with van der Waals surface area (Å²) >= 11 is 0. The van der Waals surface area contributed by atoms with Crippen molar-refractivity contribution in [2.24, 2.45) is 22.9 Å². The zero-order valence-corrected chi connectivity index (χ0v) is 51.1. The molecule has 488 valence electrons. The van der Waals surface area contributed by atoms with Crippen LogP contribution in [-0.2, 0) is 60.8 Å². The van der Waals surface area contributed by atoms with Crippen molar-refractivity contribution in [2.45, 2.75) is 210 Å². The Kier molecular flexibility index (Phi) is 39.3. The second-order valence-electron chi connectivity index (χ2n) is 21.8. The van der Waals surface area contributed by atoms with E-state index in [9.17, 15) is 53.1 Å². The molecule has 87 heavy (non-hydrogen) atoms. The maximum Gasteiger partial charge on any atom is 0.243 e. The topological polar surface area (TPSA) is 468 Å². The van der Waals surface area contributed by atoms with Crippen LogP contribution in [-0.4, -0.2) is 156 Å². The molecule has 1 aromatic carbocycles. The van der Waals surface area contributed by atoms with Gasteiger partial charge in [0.05, 0.1) is 25.1 Å². The molecule has 0 fully saturated rings. The lowest BCUT2D eigenvalue weighted by atomic mass is 10.0. The van der Waals surface area contributed by atoms with Gasteiger partial charge in [-0.1, -0.05) is 96.1 Å². The van der Waals surface area contributed by atoms with Crippen molar-refractivity contribution in [1.82, 2.24) is 63.1 Å². The number of nitrogens with one attached hydrogen (secondary N) is 12. The van der Waals surface area contributed by atoms with E-state index in [2.05, 4.69) is 70.1 Å². The van der Waals surface area contributed by atoms with Crippen LogP contribution in [0.3, 0.4) is 0 Å². The predicted octanol–water partition coefficient (Wildman–Crippen LogP) is 0.0558. The SMILES string of the molecule is CCCCCCCCCCCCCCCC(=O)NCC(=O)NCC(=O)N[C@@H](Cc1ccc(O)cc1)C(=O)N[C@@H](CCC(N)=O)C(=O)N[C@@H](CCCCN)C(=O)N[C@@H](CCCCN)C(=O)N[C@@H](Cc1c[nH]cn1)C(=O)N[C@@H](CCCNC(=N)N)C(=O)NC. The van der Waals surface area contributed by atoms with Crippen molar-refractivity contribution in [3.8, 4) is 5.75 Å². The average molecular weight is 1220 g/mol. The maximum absolute atomic E-state index is 14.4. The van der Waals surface area contributed by atoms with E-state index in [1.54, 1.807) is 0 Å². The number of hydrogen-bond acceptors (Lipinski definition) is 15. The molecule has 0 bridgehead atoms. The number of rotatable bonds is 49. The third-order valence-electron chi connectivity index (χ3n) is 14.4. The van der Waals surface area contributed by atoms with Crippen LogP contribution in [0.2, 0.25) is 0 Å². The van der Waals surface area contributed by atoms with E-state index in [1.807, 2.05) is 0 Å². The van der Waals surface area contributed by atoms with Gasteiger partial charge in [0.2, 0.25) is 59.1 Å². The van der Waals surface area contributed by atoms with E-state index in [-0.39, 0.29) is 88.7 Å². The van der Waals surface area contributed by atoms with Crippen molar-refractivity contribution in [2.75, 3.05) is 39.8 Å². The van der Waals surface area contributed by atoms with Crippen molar-refractivity contribution >= 4 is 65.0 Å². The van der Waals surface area contributed by atoms with E-state index < -0.39 is 102 Å². The van der Waals surface area contributed by atoms with E-state index in [4.69, 9.17) is 28.3 Å². The minimum absolute atomic E-state index is 0.0101. The number of hydrogen-bond donors (Lipinski definition) is 17. The number of carbonyl (C=O) groups is 10. The summed E-state index contributed by atoms with van der Waals surface area (Å²) in [7, 11) is 1.40. The Balaban J connectivity index is 2.24. The molecule has 28 heteroatoms. The number of aromatic hydroxyl groups is 1. The molecule has 28 nitrogen and oxygen atoms in total. The monoisotopic (exact) mass is 1220 g/mol. The van der Waals surface area contributed by atoms with E-state index in [0.29, 0.717) is 49.8 Å². The average Bonchev–Trinajstić information content (AvgIpc) is 4.22. The van der Waals surface area contributed by atoms with Crippen LogP contribution in [0.15, 0.2) is 36.8 Å². The van der Waals surface area contributed by atoms with E-state index >= 15 is 0 Å². The van der Waals surface area contributed by atoms with Crippen molar-refractivity contribution in [1.29, 1.82) is 5.41 Å². The number of amides is 10. The van der Waals surface area contributed by atoms with Crippen LogP contribution < -0.4 is 76.1 Å². The summed E-state index contributed by atoms with van der Waals surface area (Å²) in [6.45, 7) is 1.96. The third-order valence-corrected chi connectivity index (χ3v) is 14.4. The number of H-pyrrole nitrogens is 1. The van der Waals surface area contributed by atoms with Gasteiger partial charge in [-0.25, -0.2) is 4.98 Å². The van der Waals surface area contributed by atoms with Gasteiger partial charge in [0, 0.05) is 45.5 Å². The van der Waals surface area contributed by atoms with Crippen LogP contribution >= 0.6 is 0 Å². The summed E-state index contributed by atoms with van der Waals surface area (Å²) in [5.74, 6) is -7.65. The lowest BCUT2D eigenvalue weighted by Crippen LogP contribution is -2.60. The number of likely N-dealkylation sites (N-methyl/N-ethyl adjacent to an activating group) is 1. The maximum atomic E-state index is 14.4. The van der Waals surface area contributed by atoms with Gasteiger partial charge in [-0.05, 0) is 95.0 Å². The first-order valence-electron chi connectivity index (χ1n) is 30.9. The number of aromatic amines is 1. The minimum Gasteiger partial charge on any atom is -0.508 e. The number of nitrogens with zero attached hydrogens (tertiary/aromatic N) is 1. The summed E-state index contributed by atoms with van der Waals surface area (Å²) in [5, 5.41) is 43.4. The lowest BCUT2D eigenvalue weighted by Gasteiger charge is -2.28. The minimum atomic E-state index is -1.54. The van der Waals surface area contributed by atoms with Gasteiger partial charge in [0.25, 0.3) is 0 Å². The molecule has 2 aromatic rings. The Morgan fingerprint density at radius 1 is 0.506 bits per heavy atom. The Morgan fingerprint density at radius 3 is 1.44 bits per heavy atom. The van der Waals surface area contributed by atoms with Crippen LogP contribution in [0.4, 0.5) is 0 Å². The molecular weight excluding hydrogens is 1120 g/mol. The summed E-state index contributed by atoms with van der Waals surface area (Å²) in [6, 6.07) is -2.25. The number of phenols is 1.